The predicted octanol–water partition coefficient (Wildman–Crippen LogP) is 5.11. The quantitative estimate of drug-likeness (QED) is 0.487. The number of ether oxygens (including phenoxy) is 1. The molecule has 1 amide bonds. The summed E-state index contributed by atoms with van der Waals surface area (Å²) in [5.74, 6) is -0.731. The van der Waals surface area contributed by atoms with Gasteiger partial charge in [-0.3, -0.25) is 14.5 Å². The predicted molar refractivity (Wildman–Crippen MR) is 112 cm³/mol. The maximum atomic E-state index is 14.3. The van der Waals surface area contributed by atoms with E-state index >= 15 is 0 Å². The van der Waals surface area contributed by atoms with E-state index in [1.54, 1.807) is 49.8 Å². The highest BCUT2D eigenvalue weighted by molar-refractivity contribution is 6.08. The van der Waals surface area contributed by atoms with E-state index in [0.29, 0.717) is 17.2 Å². The number of rotatable bonds is 5. The minimum atomic E-state index is -0.791. The van der Waals surface area contributed by atoms with Crippen LogP contribution in [0.4, 0.5) is 14.5 Å². The van der Waals surface area contributed by atoms with Gasteiger partial charge in [0.2, 0.25) is 0 Å². The summed E-state index contributed by atoms with van der Waals surface area (Å²) in [7, 11) is 1.62. The van der Waals surface area contributed by atoms with Gasteiger partial charge >= 0.3 is 0 Å². The van der Waals surface area contributed by atoms with E-state index in [4.69, 9.17) is 4.74 Å². The van der Waals surface area contributed by atoms with Crippen LogP contribution in [0.1, 0.15) is 15.9 Å². The molecule has 0 unspecified atom stereocenters. The number of aryl methyl sites for hydroxylation is 2. The van der Waals surface area contributed by atoms with Crippen molar-refractivity contribution in [2.75, 3.05) is 5.32 Å². The third-order valence-electron chi connectivity index (χ3n) is 4.55. The number of hydrogen-bond acceptors (Lipinski definition) is 4. The molecule has 0 aliphatic carbocycles. The maximum absolute atomic E-state index is 14.3. The van der Waals surface area contributed by atoms with Gasteiger partial charge in [-0.25, -0.2) is 8.78 Å². The molecule has 0 spiro atoms. The van der Waals surface area contributed by atoms with Gasteiger partial charge in [0.1, 0.15) is 28.8 Å². The summed E-state index contributed by atoms with van der Waals surface area (Å²) >= 11 is 0. The van der Waals surface area contributed by atoms with Gasteiger partial charge in [0.25, 0.3) is 5.91 Å². The number of anilines is 1. The topological polar surface area (TPSA) is 69.0 Å². The molecule has 1 N–H and O–H groups in total. The zero-order valence-electron chi connectivity index (χ0n) is 16.8. The van der Waals surface area contributed by atoms with Gasteiger partial charge in [0.05, 0.1) is 11.8 Å². The van der Waals surface area contributed by atoms with E-state index in [2.05, 4.69) is 15.4 Å². The molecule has 156 valence electrons. The normalized spacial score (nSPS) is 10.7. The van der Waals surface area contributed by atoms with Crippen molar-refractivity contribution >= 4 is 11.6 Å². The Labute approximate surface area is 177 Å². The highest BCUT2D eigenvalue weighted by atomic mass is 19.1. The van der Waals surface area contributed by atoms with Crippen LogP contribution in [0.15, 0.2) is 67.1 Å². The Morgan fingerprint density at radius 3 is 2.68 bits per heavy atom. The summed E-state index contributed by atoms with van der Waals surface area (Å²) < 4.78 is 34.7. The Morgan fingerprint density at radius 1 is 1.13 bits per heavy atom. The molecule has 0 saturated carbocycles. The van der Waals surface area contributed by atoms with Crippen LogP contribution in [0.25, 0.3) is 11.3 Å². The summed E-state index contributed by atoms with van der Waals surface area (Å²) in [6, 6.07) is 11.9. The van der Waals surface area contributed by atoms with Crippen LogP contribution >= 0.6 is 0 Å². The lowest BCUT2D eigenvalue weighted by Gasteiger charge is -2.11. The molecule has 2 aromatic heterocycles. The Bertz CT molecular complexity index is 1260. The second kappa shape index (κ2) is 8.35. The van der Waals surface area contributed by atoms with E-state index in [1.165, 1.54) is 16.9 Å². The van der Waals surface area contributed by atoms with E-state index < -0.39 is 17.5 Å². The average molecular weight is 420 g/mol. The molecule has 0 aliphatic rings. The van der Waals surface area contributed by atoms with Crippen molar-refractivity contribution in [3.8, 4) is 22.8 Å². The van der Waals surface area contributed by atoms with Crippen molar-refractivity contribution in [1.82, 2.24) is 14.8 Å². The Kier molecular flexibility index (Phi) is 5.44. The van der Waals surface area contributed by atoms with Gasteiger partial charge in [0.15, 0.2) is 0 Å². The van der Waals surface area contributed by atoms with Gasteiger partial charge in [-0.2, -0.15) is 5.10 Å². The smallest absolute Gasteiger partial charge is 0.259 e. The fourth-order valence-electron chi connectivity index (χ4n) is 3.11. The van der Waals surface area contributed by atoms with Gasteiger partial charge < -0.3 is 10.1 Å². The first-order valence-electron chi connectivity index (χ1n) is 9.39. The molecule has 0 saturated heterocycles. The second-order valence-corrected chi connectivity index (χ2v) is 6.91. The van der Waals surface area contributed by atoms with Crippen LogP contribution in [-0.2, 0) is 7.05 Å². The first-order valence-corrected chi connectivity index (χ1v) is 9.39. The molecule has 0 bridgehead atoms. The number of amides is 1. The van der Waals surface area contributed by atoms with Gasteiger partial charge in [0, 0.05) is 36.8 Å². The van der Waals surface area contributed by atoms with E-state index in [0.717, 1.165) is 17.7 Å². The molecule has 8 heteroatoms. The van der Waals surface area contributed by atoms with Crippen molar-refractivity contribution in [3.63, 3.8) is 0 Å². The van der Waals surface area contributed by atoms with Gasteiger partial charge in [-0.05, 0) is 55.0 Å². The molecule has 0 aliphatic heterocycles. The van der Waals surface area contributed by atoms with Crippen LogP contribution in [0, 0.1) is 18.6 Å². The number of halogens is 2. The van der Waals surface area contributed by atoms with Crippen LogP contribution in [0.2, 0.25) is 0 Å². The standard InChI is InChI=1S/C23H18F2N4O2/c1-14-10-16(6-8-21(14)31-17-4-3-9-26-12-17)27-23(30)19-13-29(2)28-22(19)18-7-5-15(24)11-20(18)25/h3-13H,1-2H3,(H,27,30). The van der Waals surface area contributed by atoms with E-state index in [-0.39, 0.29) is 16.8 Å². The highest BCUT2D eigenvalue weighted by Crippen LogP contribution is 2.29. The fraction of sp³-hybridized carbons (Fsp3) is 0.0870. The van der Waals surface area contributed by atoms with Crippen LogP contribution in [0.3, 0.4) is 0 Å². The van der Waals surface area contributed by atoms with E-state index in [1.807, 2.05) is 6.92 Å². The molecule has 2 heterocycles. The molecule has 4 rings (SSSR count). The number of nitrogens with one attached hydrogen (secondary N) is 1. The number of benzene rings is 2. The molecular weight excluding hydrogens is 402 g/mol. The lowest BCUT2D eigenvalue weighted by molar-refractivity contribution is 0.102. The number of carbonyl (C=O) groups excluding carboxylic acids is 1. The highest BCUT2D eigenvalue weighted by Gasteiger charge is 2.20. The molecule has 4 aromatic rings. The minimum absolute atomic E-state index is 0.0450. The average Bonchev–Trinajstić information content (AvgIpc) is 3.12. The largest absolute Gasteiger partial charge is 0.455 e. The van der Waals surface area contributed by atoms with Crippen LogP contribution < -0.4 is 10.1 Å². The first kappa shape index (κ1) is 20.2. The molecular formula is C23H18F2N4O2. The lowest BCUT2D eigenvalue weighted by Crippen LogP contribution is -2.12. The molecule has 0 atom stereocenters. The zero-order chi connectivity index (χ0) is 22.0. The summed E-state index contributed by atoms with van der Waals surface area (Å²) in [5.41, 5.74) is 1.68. The molecule has 6 nitrogen and oxygen atoms in total. The second-order valence-electron chi connectivity index (χ2n) is 6.91. The summed E-state index contributed by atoms with van der Waals surface area (Å²) in [6.45, 7) is 1.85. The third kappa shape index (κ3) is 4.42. The first-order chi connectivity index (χ1) is 14.9. The SMILES string of the molecule is Cc1cc(NC(=O)c2cn(C)nc2-c2ccc(F)cc2F)ccc1Oc1cccnc1. The summed E-state index contributed by atoms with van der Waals surface area (Å²) in [5, 5.41) is 6.97. The van der Waals surface area contributed by atoms with Crippen LogP contribution in [-0.4, -0.2) is 20.7 Å². The number of pyridine rings is 1. The fourth-order valence-corrected chi connectivity index (χ4v) is 3.11. The van der Waals surface area contributed by atoms with Crippen molar-refractivity contribution in [1.29, 1.82) is 0 Å². The molecule has 0 radical (unpaired) electrons. The van der Waals surface area contributed by atoms with Crippen molar-refractivity contribution in [2.24, 2.45) is 7.05 Å². The third-order valence-corrected chi connectivity index (χ3v) is 4.55. The molecule has 0 fully saturated rings. The van der Waals surface area contributed by atoms with Crippen molar-refractivity contribution in [2.45, 2.75) is 6.92 Å². The monoisotopic (exact) mass is 420 g/mol. The van der Waals surface area contributed by atoms with Crippen LogP contribution in [0.5, 0.6) is 11.5 Å². The van der Waals surface area contributed by atoms with Gasteiger partial charge in [-0.15, -0.1) is 0 Å². The zero-order valence-corrected chi connectivity index (χ0v) is 16.8. The van der Waals surface area contributed by atoms with Crippen molar-refractivity contribution < 1.29 is 18.3 Å². The Morgan fingerprint density at radius 2 is 1.97 bits per heavy atom. The van der Waals surface area contributed by atoms with Crippen molar-refractivity contribution in [3.05, 3.63) is 89.9 Å². The Balaban J connectivity index is 1.57. The Hall–Kier alpha value is -4.07. The summed E-state index contributed by atoms with van der Waals surface area (Å²) in [6.07, 6.45) is 4.75. The number of nitrogens with zero attached hydrogens (tertiary/aromatic N) is 3. The minimum Gasteiger partial charge on any atom is -0.455 e. The van der Waals surface area contributed by atoms with E-state index in [9.17, 15) is 13.6 Å². The number of hydrogen-bond donors (Lipinski definition) is 1. The van der Waals surface area contributed by atoms with Gasteiger partial charge in [-0.1, -0.05) is 0 Å². The molecule has 2 aromatic carbocycles. The number of carbonyl (C=O) groups is 1. The maximum Gasteiger partial charge on any atom is 0.259 e. The summed E-state index contributed by atoms with van der Waals surface area (Å²) in [4.78, 5) is 16.9. The molecule has 31 heavy (non-hydrogen) atoms. The number of aromatic nitrogens is 3. The lowest BCUT2D eigenvalue weighted by atomic mass is 10.1.